The zero-order valence-corrected chi connectivity index (χ0v) is 10.3. The third kappa shape index (κ3) is 3.47. The van der Waals surface area contributed by atoms with Crippen molar-refractivity contribution in [2.75, 3.05) is 5.32 Å². The average molecular weight is 269 g/mol. The van der Waals surface area contributed by atoms with Crippen LogP contribution >= 0.6 is 22.9 Å². The van der Waals surface area contributed by atoms with Gasteiger partial charge in [0.25, 0.3) is 0 Å². The van der Waals surface area contributed by atoms with Crippen LogP contribution in [0.25, 0.3) is 0 Å². The number of hydrogen-bond donors (Lipinski definition) is 1. The highest BCUT2D eigenvalue weighted by atomic mass is 35.5. The van der Waals surface area contributed by atoms with Crippen LogP contribution in [0.15, 0.2) is 23.7 Å². The van der Waals surface area contributed by atoms with E-state index in [0.29, 0.717) is 11.7 Å². The number of carbonyl (C=O) groups excluding carboxylic acids is 1. The first-order valence-corrected chi connectivity index (χ1v) is 6.26. The molecule has 2 aromatic heterocycles. The maximum absolute atomic E-state index is 11.6. The molecule has 1 N–H and O–H groups in total. The van der Waals surface area contributed by atoms with Crippen molar-refractivity contribution in [2.24, 2.45) is 0 Å². The summed E-state index contributed by atoms with van der Waals surface area (Å²) in [7, 11) is 0. The van der Waals surface area contributed by atoms with Crippen molar-refractivity contribution >= 4 is 34.7 Å². The van der Waals surface area contributed by atoms with Gasteiger partial charge >= 0.3 is 0 Å². The Morgan fingerprint density at radius 3 is 3.06 bits per heavy atom. The molecule has 2 heterocycles. The topological polar surface area (TPSA) is 67.8 Å². The highest BCUT2D eigenvalue weighted by molar-refractivity contribution is 7.09. The first-order valence-electron chi connectivity index (χ1n) is 4.84. The van der Waals surface area contributed by atoms with Crippen LogP contribution in [0.1, 0.15) is 10.7 Å². The number of halogens is 1. The highest BCUT2D eigenvalue weighted by Gasteiger charge is 2.08. The first-order chi connectivity index (χ1) is 8.28. The van der Waals surface area contributed by atoms with Crippen LogP contribution in [0.5, 0.6) is 0 Å². The maximum Gasteiger partial charge on any atom is 0.232 e. The van der Waals surface area contributed by atoms with Crippen molar-refractivity contribution in [3.8, 4) is 0 Å². The summed E-state index contributed by atoms with van der Waals surface area (Å²) in [6.45, 7) is 0. The van der Waals surface area contributed by atoms with Gasteiger partial charge < -0.3 is 5.32 Å². The third-order valence-electron chi connectivity index (χ3n) is 1.89. The van der Waals surface area contributed by atoms with Crippen LogP contribution in [0, 0.1) is 0 Å². The van der Waals surface area contributed by atoms with E-state index >= 15 is 0 Å². The fourth-order valence-electron chi connectivity index (χ4n) is 1.18. The molecule has 0 unspecified atom stereocenters. The molecule has 0 saturated heterocycles. The van der Waals surface area contributed by atoms with Gasteiger partial charge in [-0.15, -0.1) is 28.0 Å². The number of aromatic nitrogens is 3. The van der Waals surface area contributed by atoms with Crippen molar-refractivity contribution in [1.29, 1.82) is 0 Å². The third-order valence-corrected chi connectivity index (χ3v) is 3.06. The summed E-state index contributed by atoms with van der Waals surface area (Å²) in [5.41, 5.74) is 0.791. The van der Waals surface area contributed by atoms with Crippen molar-refractivity contribution in [3.63, 3.8) is 0 Å². The minimum atomic E-state index is -0.166. The fourth-order valence-corrected chi connectivity index (χ4v) is 2.20. The lowest BCUT2D eigenvalue weighted by Crippen LogP contribution is -2.15. The van der Waals surface area contributed by atoms with Gasteiger partial charge in [-0.1, -0.05) is 0 Å². The number of nitrogens with zero attached hydrogens (tertiary/aromatic N) is 3. The smallest absolute Gasteiger partial charge is 0.232 e. The van der Waals surface area contributed by atoms with Gasteiger partial charge in [-0.3, -0.25) is 4.79 Å². The second-order valence-electron chi connectivity index (χ2n) is 3.20. The molecule has 88 valence electrons. The molecule has 0 spiro atoms. The molecule has 0 aliphatic carbocycles. The van der Waals surface area contributed by atoms with Crippen LogP contribution in [0.2, 0.25) is 0 Å². The molecule has 0 atom stereocenters. The Labute approximate surface area is 107 Å². The van der Waals surface area contributed by atoms with E-state index < -0.39 is 0 Å². The van der Waals surface area contributed by atoms with E-state index in [0.717, 1.165) is 10.7 Å². The quantitative estimate of drug-likeness (QED) is 0.860. The minimum absolute atomic E-state index is 0.166. The van der Waals surface area contributed by atoms with E-state index in [-0.39, 0.29) is 12.3 Å². The molecule has 1 amide bonds. The predicted molar refractivity (Wildman–Crippen MR) is 66.0 cm³/mol. The summed E-state index contributed by atoms with van der Waals surface area (Å²) < 4.78 is 0. The Morgan fingerprint density at radius 1 is 1.53 bits per heavy atom. The first kappa shape index (κ1) is 11.9. The number of rotatable bonds is 4. The van der Waals surface area contributed by atoms with E-state index in [2.05, 4.69) is 20.5 Å². The largest absolute Gasteiger partial charge is 0.309 e. The summed E-state index contributed by atoms with van der Waals surface area (Å²) >= 11 is 7.05. The zero-order chi connectivity index (χ0) is 12.1. The Balaban J connectivity index is 1.93. The number of alkyl halides is 1. The molecule has 2 rings (SSSR count). The molecule has 0 aliphatic rings. The van der Waals surface area contributed by atoms with Crippen LogP contribution in [0.3, 0.4) is 0 Å². The van der Waals surface area contributed by atoms with Crippen LogP contribution in [-0.4, -0.2) is 21.1 Å². The van der Waals surface area contributed by atoms with Gasteiger partial charge in [-0.05, 0) is 12.1 Å². The fraction of sp³-hybridized carbons (Fsp3) is 0.200. The second-order valence-corrected chi connectivity index (χ2v) is 4.41. The summed E-state index contributed by atoms with van der Waals surface area (Å²) in [5, 5.41) is 12.7. The van der Waals surface area contributed by atoms with Gasteiger partial charge in [0, 0.05) is 11.6 Å². The molecular weight excluding hydrogens is 260 g/mol. The van der Waals surface area contributed by atoms with Crippen molar-refractivity contribution in [1.82, 2.24) is 15.2 Å². The molecular formula is C10H9ClN4OS. The minimum Gasteiger partial charge on any atom is -0.309 e. The molecule has 0 bridgehead atoms. The van der Waals surface area contributed by atoms with Gasteiger partial charge in [0.15, 0.2) is 5.82 Å². The molecule has 7 heteroatoms. The van der Waals surface area contributed by atoms with Crippen LogP contribution in [-0.2, 0) is 17.1 Å². The molecule has 17 heavy (non-hydrogen) atoms. The number of nitrogens with one attached hydrogen (secondary N) is 1. The lowest BCUT2D eigenvalue weighted by Gasteiger charge is -2.00. The van der Waals surface area contributed by atoms with E-state index in [4.69, 9.17) is 11.6 Å². The van der Waals surface area contributed by atoms with Crippen LogP contribution in [0.4, 0.5) is 5.82 Å². The summed E-state index contributed by atoms with van der Waals surface area (Å²) in [4.78, 5) is 15.8. The highest BCUT2D eigenvalue weighted by Crippen LogP contribution is 2.12. The van der Waals surface area contributed by atoms with E-state index in [1.807, 2.05) is 5.38 Å². The normalized spacial score (nSPS) is 10.2. The van der Waals surface area contributed by atoms with Gasteiger partial charge in [-0.2, -0.15) is 5.10 Å². The van der Waals surface area contributed by atoms with E-state index in [9.17, 15) is 4.79 Å². The standard InChI is InChI=1S/C10H9ClN4OS/c11-5-7-6-17-10(13-7)4-9(16)14-8-2-1-3-12-15-8/h1-3,6H,4-5H2,(H,14,15,16). The average Bonchev–Trinajstić information content (AvgIpc) is 2.78. The van der Waals surface area contributed by atoms with Crippen molar-refractivity contribution < 1.29 is 4.79 Å². The zero-order valence-electron chi connectivity index (χ0n) is 8.76. The SMILES string of the molecule is O=C(Cc1nc(CCl)cs1)Nc1cccnn1. The lowest BCUT2D eigenvalue weighted by atomic mass is 10.4. The summed E-state index contributed by atoms with van der Waals surface area (Å²) in [6.07, 6.45) is 1.77. The second kappa shape index (κ2) is 5.70. The molecule has 0 fully saturated rings. The molecule has 0 aromatic carbocycles. The molecule has 0 radical (unpaired) electrons. The van der Waals surface area contributed by atoms with E-state index in [1.54, 1.807) is 18.3 Å². The summed E-state index contributed by atoms with van der Waals surface area (Å²) in [6, 6.07) is 3.38. The Morgan fingerprint density at radius 2 is 2.41 bits per heavy atom. The number of carbonyl (C=O) groups is 1. The van der Waals surface area contributed by atoms with E-state index in [1.165, 1.54) is 11.3 Å². The lowest BCUT2D eigenvalue weighted by molar-refractivity contribution is -0.115. The Kier molecular flexibility index (Phi) is 4.00. The van der Waals surface area contributed by atoms with Crippen molar-refractivity contribution in [3.05, 3.63) is 34.4 Å². The summed E-state index contributed by atoms with van der Waals surface area (Å²) in [5.74, 6) is 0.634. The molecule has 0 saturated carbocycles. The maximum atomic E-state index is 11.6. The molecule has 0 aliphatic heterocycles. The number of anilines is 1. The Bertz CT molecular complexity index is 502. The monoisotopic (exact) mass is 268 g/mol. The van der Waals surface area contributed by atoms with Gasteiger partial charge in [0.1, 0.15) is 5.01 Å². The Hall–Kier alpha value is -1.53. The molecule has 2 aromatic rings. The molecule has 5 nitrogen and oxygen atoms in total. The van der Waals surface area contributed by atoms with Crippen LogP contribution < -0.4 is 5.32 Å². The van der Waals surface area contributed by atoms with Gasteiger partial charge in [0.2, 0.25) is 5.91 Å². The van der Waals surface area contributed by atoms with Gasteiger partial charge in [-0.25, -0.2) is 4.98 Å². The number of thiazole rings is 1. The number of hydrogen-bond acceptors (Lipinski definition) is 5. The van der Waals surface area contributed by atoms with Gasteiger partial charge in [0.05, 0.1) is 18.0 Å². The number of amides is 1. The van der Waals surface area contributed by atoms with Crippen molar-refractivity contribution in [2.45, 2.75) is 12.3 Å². The predicted octanol–water partition coefficient (Wildman–Crippen LogP) is 1.85.